The molecular weight excluding hydrogens is 226 g/mol. The van der Waals surface area contributed by atoms with Gasteiger partial charge in [-0.25, -0.2) is 10.8 Å². The normalized spacial score (nSPS) is 14.6. The van der Waals surface area contributed by atoms with Crippen LogP contribution in [0.4, 0.5) is 0 Å². The maximum absolute atomic E-state index is 11.3. The fraction of sp³-hybridized carbons (Fsp3) is 0.600. The van der Waals surface area contributed by atoms with Gasteiger partial charge in [0, 0.05) is 11.2 Å². The molecule has 3 N–H and O–H groups in total. The summed E-state index contributed by atoms with van der Waals surface area (Å²) in [4.78, 5) is 15.6. The molecule has 0 aliphatic heterocycles. The lowest BCUT2D eigenvalue weighted by Crippen LogP contribution is -2.38. The molecule has 0 saturated heterocycles. The van der Waals surface area contributed by atoms with Crippen LogP contribution in [0.15, 0.2) is 9.64 Å². The lowest BCUT2D eigenvalue weighted by atomic mass is 10.1. The van der Waals surface area contributed by atoms with E-state index in [4.69, 9.17) is 10.3 Å². The van der Waals surface area contributed by atoms with Crippen LogP contribution in [-0.2, 0) is 4.79 Å². The molecule has 0 aromatic carbocycles. The van der Waals surface area contributed by atoms with Crippen LogP contribution in [0.25, 0.3) is 0 Å². The second-order valence-corrected chi connectivity index (χ2v) is 5.07. The zero-order valence-corrected chi connectivity index (χ0v) is 10.7. The van der Waals surface area contributed by atoms with Crippen LogP contribution < -0.4 is 11.3 Å². The lowest BCUT2D eigenvalue weighted by Gasteiger charge is -2.15. The summed E-state index contributed by atoms with van der Waals surface area (Å²) in [6, 6.07) is 0. The smallest absolute Gasteiger partial charge is 0.256 e. The zero-order valence-electron chi connectivity index (χ0n) is 9.90. The number of amides is 1. The third-order valence-electron chi connectivity index (χ3n) is 2.56. The number of rotatable bonds is 4. The molecule has 1 aromatic rings. The van der Waals surface area contributed by atoms with Crippen molar-refractivity contribution in [3.63, 3.8) is 0 Å². The SMILES string of the molecule is Cc1nc(SC(C)C(C)C(=O)NN)oc1C. The molecule has 1 aromatic heterocycles. The summed E-state index contributed by atoms with van der Waals surface area (Å²) >= 11 is 1.44. The molecule has 1 heterocycles. The van der Waals surface area contributed by atoms with E-state index < -0.39 is 0 Å². The molecule has 6 heteroatoms. The number of thioether (sulfide) groups is 1. The standard InChI is InChI=1S/C10H17N3O2S/c1-5(9(14)13-11)8(4)16-10-12-6(2)7(3)15-10/h5,8H,11H2,1-4H3,(H,13,14). The van der Waals surface area contributed by atoms with Crippen LogP contribution in [-0.4, -0.2) is 16.1 Å². The number of carbonyl (C=O) groups is 1. The van der Waals surface area contributed by atoms with Gasteiger partial charge in [0.2, 0.25) is 5.91 Å². The summed E-state index contributed by atoms with van der Waals surface area (Å²) in [7, 11) is 0. The molecule has 5 nitrogen and oxygen atoms in total. The van der Waals surface area contributed by atoms with E-state index in [9.17, 15) is 4.79 Å². The number of aryl methyl sites for hydroxylation is 2. The van der Waals surface area contributed by atoms with Crippen molar-refractivity contribution in [1.82, 2.24) is 10.4 Å². The van der Waals surface area contributed by atoms with Crippen molar-refractivity contribution in [2.45, 2.75) is 38.2 Å². The Morgan fingerprint density at radius 3 is 2.56 bits per heavy atom. The molecule has 90 valence electrons. The third kappa shape index (κ3) is 2.99. The third-order valence-corrected chi connectivity index (χ3v) is 3.71. The fourth-order valence-electron chi connectivity index (χ4n) is 1.10. The molecule has 16 heavy (non-hydrogen) atoms. The number of oxazole rings is 1. The van der Waals surface area contributed by atoms with Crippen molar-refractivity contribution < 1.29 is 9.21 Å². The van der Waals surface area contributed by atoms with Crippen molar-refractivity contribution in [1.29, 1.82) is 0 Å². The molecular formula is C10H17N3O2S. The molecule has 0 spiro atoms. The van der Waals surface area contributed by atoms with Crippen LogP contribution in [0.1, 0.15) is 25.3 Å². The first-order valence-corrected chi connectivity index (χ1v) is 5.94. The highest BCUT2D eigenvalue weighted by atomic mass is 32.2. The number of nitrogens with zero attached hydrogens (tertiary/aromatic N) is 1. The summed E-state index contributed by atoms with van der Waals surface area (Å²) in [6.45, 7) is 7.53. The summed E-state index contributed by atoms with van der Waals surface area (Å²) in [6.07, 6.45) is 0. The summed E-state index contributed by atoms with van der Waals surface area (Å²) < 4.78 is 5.44. The van der Waals surface area contributed by atoms with E-state index in [0.717, 1.165) is 11.5 Å². The number of carbonyl (C=O) groups excluding carboxylic acids is 1. The molecule has 2 unspecified atom stereocenters. The average Bonchev–Trinajstić information content (AvgIpc) is 2.55. The van der Waals surface area contributed by atoms with Crippen molar-refractivity contribution in [3.8, 4) is 0 Å². The molecule has 0 aliphatic carbocycles. The fourth-order valence-corrected chi connectivity index (χ4v) is 2.11. The van der Waals surface area contributed by atoms with Gasteiger partial charge in [-0.05, 0) is 13.8 Å². The Morgan fingerprint density at radius 2 is 2.12 bits per heavy atom. The highest BCUT2D eigenvalue weighted by Crippen LogP contribution is 2.28. The van der Waals surface area contributed by atoms with Gasteiger partial charge in [0.15, 0.2) is 0 Å². The minimum absolute atomic E-state index is 0.0565. The minimum atomic E-state index is -0.192. The highest BCUT2D eigenvalue weighted by Gasteiger charge is 2.22. The first-order valence-electron chi connectivity index (χ1n) is 5.06. The van der Waals surface area contributed by atoms with Crippen molar-refractivity contribution in [2.75, 3.05) is 0 Å². The molecule has 0 fully saturated rings. The first-order chi connectivity index (χ1) is 7.45. The number of nitrogens with one attached hydrogen (secondary N) is 1. The molecule has 0 aliphatic rings. The second-order valence-electron chi connectivity index (χ2n) is 3.74. The Labute approximate surface area is 99.1 Å². The van der Waals surface area contributed by atoms with E-state index in [1.165, 1.54) is 11.8 Å². The number of hydrogen-bond donors (Lipinski definition) is 2. The topological polar surface area (TPSA) is 81.2 Å². The lowest BCUT2D eigenvalue weighted by molar-refractivity contribution is -0.124. The van der Waals surface area contributed by atoms with Gasteiger partial charge in [0.25, 0.3) is 5.22 Å². The molecule has 2 atom stereocenters. The van der Waals surface area contributed by atoms with Gasteiger partial charge < -0.3 is 4.42 Å². The molecule has 0 bridgehead atoms. The van der Waals surface area contributed by atoms with E-state index >= 15 is 0 Å². The average molecular weight is 243 g/mol. The highest BCUT2D eigenvalue weighted by molar-refractivity contribution is 7.99. The molecule has 0 radical (unpaired) electrons. The van der Waals surface area contributed by atoms with Gasteiger partial charge in [-0.15, -0.1) is 0 Å². The predicted octanol–water partition coefficient (Wildman–Crippen LogP) is 1.40. The molecule has 1 amide bonds. The Bertz CT molecular complexity index is 359. The van der Waals surface area contributed by atoms with E-state index in [1.807, 2.05) is 27.7 Å². The number of nitrogens with two attached hydrogens (primary N) is 1. The van der Waals surface area contributed by atoms with Gasteiger partial charge in [0.1, 0.15) is 5.76 Å². The van der Waals surface area contributed by atoms with Crippen molar-refractivity contribution in [3.05, 3.63) is 11.5 Å². The molecule has 0 saturated carbocycles. The number of hydrogen-bond acceptors (Lipinski definition) is 5. The van der Waals surface area contributed by atoms with Crippen LogP contribution in [0.2, 0.25) is 0 Å². The van der Waals surface area contributed by atoms with Crippen molar-refractivity contribution in [2.24, 2.45) is 11.8 Å². The summed E-state index contributed by atoms with van der Waals surface area (Å²) in [5.74, 6) is 5.52. The van der Waals surface area contributed by atoms with Crippen LogP contribution >= 0.6 is 11.8 Å². The van der Waals surface area contributed by atoms with E-state index in [2.05, 4.69) is 10.4 Å². The summed E-state index contributed by atoms with van der Waals surface area (Å²) in [5, 5.41) is 0.653. The predicted molar refractivity (Wildman–Crippen MR) is 62.8 cm³/mol. The Kier molecular flexibility index (Phi) is 4.37. The van der Waals surface area contributed by atoms with Gasteiger partial charge in [-0.3, -0.25) is 10.2 Å². The molecule has 1 rings (SSSR count). The van der Waals surface area contributed by atoms with Crippen LogP contribution in [0, 0.1) is 19.8 Å². The first kappa shape index (κ1) is 13.1. The van der Waals surface area contributed by atoms with E-state index in [-0.39, 0.29) is 17.1 Å². The van der Waals surface area contributed by atoms with Crippen LogP contribution in [0.3, 0.4) is 0 Å². The number of aromatic nitrogens is 1. The van der Waals surface area contributed by atoms with Gasteiger partial charge in [-0.2, -0.15) is 0 Å². The maximum atomic E-state index is 11.3. The Hall–Kier alpha value is -1.01. The minimum Gasteiger partial charge on any atom is -0.437 e. The van der Waals surface area contributed by atoms with Crippen LogP contribution in [0.5, 0.6) is 0 Å². The van der Waals surface area contributed by atoms with Crippen molar-refractivity contribution >= 4 is 17.7 Å². The largest absolute Gasteiger partial charge is 0.437 e. The van der Waals surface area contributed by atoms with Gasteiger partial charge in [-0.1, -0.05) is 25.6 Å². The summed E-state index contributed by atoms with van der Waals surface area (Å²) in [5.41, 5.74) is 3.02. The zero-order chi connectivity index (χ0) is 12.3. The van der Waals surface area contributed by atoms with Gasteiger partial charge in [0.05, 0.1) is 5.69 Å². The van der Waals surface area contributed by atoms with E-state index in [1.54, 1.807) is 0 Å². The van der Waals surface area contributed by atoms with Gasteiger partial charge >= 0.3 is 0 Å². The Morgan fingerprint density at radius 1 is 1.50 bits per heavy atom. The van der Waals surface area contributed by atoms with E-state index in [0.29, 0.717) is 5.22 Å². The Balaban J connectivity index is 2.63. The maximum Gasteiger partial charge on any atom is 0.256 e. The second kappa shape index (κ2) is 5.36. The number of hydrazine groups is 1. The quantitative estimate of drug-likeness (QED) is 0.361. The monoisotopic (exact) mass is 243 g/mol.